The SMILES string of the molecule is BrC[C@@]1(c2ccccc2)OC[C@H](c2ccc(Br)cc2)O1. The van der Waals surface area contributed by atoms with E-state index in [1.165, 1.54) is 0 Å². The summed E-state index contributed by atoms with van der Waals surface area (Å²) in [6.45, 7) is 0.558. The molecule has 0 amide bonds. The average molecular weight is 398 g/mol. The molecule has 3 rings (SSSR count). The first-order chi connectivity index (χ1) is 9.73. The normalized spacial score (nSPS) is 25.8. The van der Waals surface area contributed by atoms with Gasteiger partial charge in [0.25, 0.3) is 0 Å². The second-order valence-corrected chi connectivity index (χ2v) is 6.20. The second kappa shape index (κ2) is 5.98. The van der Waals surface area contributed by atoms with Crippen molar-refractivity contribution < 1.29 is 9.47 Å². The largest absolute Gasteiger partial charge is 0.342 e. The predicted octanol–water partition coefficient (Wildman–Crippen LogP) is 4.78. The van der Waals surface area contributed by atoms with Crippen molar-refractivity contribution in [3.63, 3.8) is 0 Å². The van der Waals surface area contributed by atoms with E-state index in [4.69, 9.17) is 9.47 Å². The van der Waals surface area contributed by atoms with E-state index in [9.17, 15) is 0 Å². The maximum Gasteiger partial charge on any atom is 0.205 e. The molecular formula is C16H14Br2O2. The summed E-state index contributed by atoms with van der Waals surface area (Å²) < 4.78 is 13.3. The van der Waals surface area contributed by atoms with Gasteiger partial charge in [-0.15, -0.1) is 0 Å². The third kappa shape index (κ3) is 2.70. The van der Waals surface area contributed by atoms with Crippen molar-refractivity contribution in [1.82, 2.24) is 0 Å². The lowest BCUT2D eigenvalue weighted by Crippen LogP contribution is -2.29. The van der Waals surface area contributed by atoms with Crippen molar-refractivity contribution in [3.05, 3.63) is 70.2 Å². The van der Waals surface area contributed by atoms with E-state index in [-0.39, 0.29) is 6.10 Å². The van der Waals surface area contributed by atoms with Gasteiger partial charge >= 0.3 is 0 Å². The fourth-order valence-corrected chi connectivity index (χ4v) is 3.22. The summed E-state index contributed by atoms with van der Waals surface area (Å²) in [6.07, 6.45) is -0.0409. The molecule has 1 heterocycles. The van der Waals surface area contributed by atoms with Gasteiger partial charge in [0.15, 0.2) is 0 Å². The molecule has 104 valence electrons. The molecule has 4 heteroatoms. The molecule has 0 saturated carbocycles. The standard InChI is InChI=1S/C16H14Br2O2/c17-11-16(13-4-2-1-3-5-13)19-10-15(20-16)12-6-8-14(18)9-7-12/h1-9,15H,10-11H2/t15-,16-/m1/s1. The minimum atomic E-state index is -0.695. The molecule has 0 spiro atoms. The van der Waals surface area contributed by atoms with Crippen LogP contribution in [0.25, 0.3) is 0 Å². The van der Waals surface area contributed by atoms with E-state index in [0.717, 1.165) is 15.6 Å². The molecule has 0 aromatic heterocycles. The van der Waals surface area contributed by atoms with E-state index in [1.807, 2.05) is 42.5 Å². The number of alkyl halides is 1. The van der Waals surface area contributed by atoms with Gasteiger partial charge in [0.05, 0.1) is 11.9 Å². The first-order valence-corrected chi connectivity index (χ1v) is 8.34. The lowest BCUT2D eigenvalue weighted by atomic mass is 10.1. The van der Waals surface area contributed by atoms with Crippen LogP contribution in [0.4, 0.5) is 0 Å². The maximum atomic E-state index is 6.23. The molecule has 2 aromatic rings. The van der Waals surface area contributed by atoms with Crippen LogP contribution in [0.1, 0.15) is 17.2 Å². The van der Waals surface area contributed by atoms with Crippen LogP contribution in [0.5, 0.6) is 0 Å². The minimum absolute atomic E-state index is 0.0409. The zero-order valence-corrected chi connectivity index (χ0v) is 13.9. The molecular weight excluding hydrogens is 384 g/mol. The van der Waals surface area contributed by atoms with Gasteiger partial charge in [0.1, 0.15) is 6.10 Å². The van der Waals surface area contributed by atoms with Crippen molar-refractivity contribution in [2.45, 2.75) is 11.9 Å². The molecule has 0 unspecified atom stereocenters. The third-order valence-corrected chi connectivity index (χ3v) is 4.70. The van der Waals surface area contributed by atoms with Crippen LogP contribution in [0.3, 0.4) is 0 Å². The van der Waals surface area contributed by atoms with E-state index < -0.39 is 5.79 Å². The number of benzene rings is 2. The Bertz CT molecular complexity index is 571. The van der Waals surface area contributed by atoms with Crippen molar-refractivity contribution in [2.75, 3.05) is 11.9 Å². The number of hydrogen-bond donors (Lipinski definition) is 0. The Hall–Kier alpha value is -0.680. The van der Waals surface area contributed by atoms with Gasteiger partial charge in [-0.25, -0.2) is 0 Å². The van der Waals surface area contributed by atoms with Crippen LogP contribution in [-0.4, -0.2) is 11.9 Å². The zero-order valence-electron chi connectivity index (χ0n) is 10.8. The van der Waals surface area contributed by atoms with Crippen LogP contribution in [0.2, 0.25) is 0 Å². The molecule has 2 atom stereocenters. The van der Waals surface area contributed by atoms with Gasteiger partial charge in [0.2, 0.25) is 5.79 Å². The highest BCUT2D eigenvalue weighted by molar-refractivity contribution is 9.10. The molecule has 0 radical (unpaired) electrons. The van der Waals surface area contributed by atoms with Crippen molar-refractivity contribution in [3.8, 4) is 0 Å². The number of halogens is 2. The molecule has 1 aliphatic rings. The molecule has 20 heavy (non-hydrogen) atoms. The van der Waals surface area contributed by atoms with Gasteiger partial charge in [0, 0.05) is 10.0 Å². The highest BCUT2D eigenvalue weighted by Gasteiger charge is 2.42. The predicted molar refractivity (Wildman–Crippen MR) is 85.8 cm³/mol. The maximum absolute atomic E-state index is 6.23. The zero-order chi connectivity index (χ0) is 14.0. The van der Waals surface area contributed by atoms with Crippen LogP contribution in [0, 0.1) is 0 Å². The van der Waals surface area contributed by atoms with Crippen molar-refractivity contribution in [1.29, 1.82) is 0 Å². The molecule has 1 aliphatic heterocycles. The average Bonchev–Trinajstić information content (AvgIpc) is 2.95. The fourth-order valence-electron chi connectivity index (χ4n) is 2.34. The summed E-state index contributed by atoms with van der Waals surface area (Å²) in [5, 5.41) is 0.608. The summed E-state index contributed by atoms with van der Waals surface area (Å²) in [4.78, 5) is 0. The highest BCUT2D eigenvalue weighted by Crippen LogP contribution is 2.41. The number of ether oxygens (including phenoxy) is 2. The van der Waals surface area contributed by atoms with E-state index in [0.29, 0.717) is 11.9 Å². The number of hydrogen-bond acceptors (Lipinski definition) is 2. The van der Waals surface area contributed by atoms with Crippen LogP contribution >= 0.6 is 31.9 Å². The first kappa shape index (κ1) is 14.3. The van der Waals surface area contributed by atoms with Crippen LogP contribution in [0.15, 0.2) is 59.1 Å². The Kier molecular flexibility index (Phi) is 4.26. The molecule has 2 nitrogen and oxygen atoms in total. The van der Waals surface area contributed by atoms with Crippen molar-refractivity contribution in [2.24, 2.45) is 0 Å². The quantitative estimate of drug-likeness (QED) is 0.693. The Balaban J connectivity index is 1.86. The van der Waals surface area contributed by atoms with Crippen molar-refractivity contribution >= 4 is 31.9 Å². The summed E-state index contributed by atoms with van der Waals surface area (Å²) in [6, 6.07) is 18.2. The Morgan fingerprint density at radius 2 is 1.75 bits per heavy atom. The van der Waals surface area contributed by atoms with Gasteiger partial charge in [-0.2, -0.15) is 0 Å². The highest BCUT2D eigenvalue weighted by atomic mass is 79.9. The van der Waals surface area contributed by atoms with Crippen LogP contribution in [-0.2, 0) is 15.3 Å². The first-order valence-electron chi connectivity index (χ1n) is 6.42. The second-order valence-electron chi connectivity index (χ2n) is 4.72. The molecule has 0 bridgehead atoms. The Morgan fingerprint density at radius 1 is 1.05 bits per heavy atom. The van der Waals surface area contributed by atoms with E-state index in [1.54, 1.807) is 0 Å². The molecule has 1 fully saturated rings. The lowest BCUT2D eigenvalue weighted by Gasteiger charge is -2.26. The van der Waals surface area contributed by atoms with Gasteiger partial charge < -0.3 is 9.47 Å². The molecule has 0 N–H and O–H groups in total. The van der Waals surface area contributed by atoms with E-state index >= 15 is 0 Å². The Morgan fingerprint density at radius 3 is 2.40 bits per heavy atom. The fraction of sp³-hybridized carbons (Fsp3) is 0.250. The van der Waals surface area contributed by atoms with Gasteiger partial charge in [-0.05, 0) is 17.7 Å². The molecule has 2 aromatic carbocycles. The Labute approximate surface area is 135 Å². The van der Waals surface area contributed by atoms with Crippen LogP contribution < -0.4 is 0 Å². The van der Waals surface area contributed by atoms with Gasteiger partial charge in [-0.1, -0.05) is 74.3 Å². The monoisotopic (exact) mass is 396 g/mol. The summed E-state index contributed by atoms with van der Waals surface area (Å²) in [7, 11) is 0. The topological polar surface area (TPSA) is 18.5 Å². The number of rotatable bonds is 3. The summed E-state index contributed by atoms with van der Waals surface area (Å²) >= 11 is 6.97. The summed E-state index contributed by atoms with van der Waals surface area (Å²) in [5.74, 6) is -0.695. The lowest BCUT2D eigenvalue weighted by molar-refractivity contribution is -0.157. The third-order valence-electron chi connectivity index (χ3n) is 3.43. The van der Waals surface area contributed by atoms with E-state index in [2.05, 4.69) is 44.0 Å². The molecule has 0 aliphatic carbocycles. The summed E-state index contributed by atoms with van der Waals surface area (Å²) in [5.41, 5.74) is 2.17. The van der Waals surface area contributed by atoms with Gasteiger partial charge in [-0.3, -0.25) is 0 Å². The smallest absolute Gasteiger partial charge is 0.205 e. The minimum Gasteiger partial charge on any atom is -0.342 e. The molecule has 1 saturated heterocycles.